The van der Waals surface area contributed by atoms with Crippen molar-refractivity contribution in [1.29, 1.82) is 0 Å². The highest BCUT2D eigenvalue weighted by Gasteiger charge is 2.17. The molecule has 0 aliphatic carbocycles. The third kappa shape index (κ3) is 5.57. The summed E-state index contributed by atoms with van der Waals surface area (Å²) in [6, 6.07) is 2.02. The second kappa shape index (κ2) is 7.81. The maximum absolute atomic E-state index is 11.2. The van der Waals surface area contributed by atoms with E-state index in [1.54, 1.807) is 0 Å². The molecule has 1 atom stereocenters. The zero-order valence-electron chi connectivity index (χ0n) is 13.6. The van der Waals surface area contributed by atoms with E-state index in [9.17, 15) is 8.42 Å². The molecular weight excluding hydrogens is 320 g/mol. The largest absolute Gasteiger partial charge is 0.297 e. The van der Waals surface area contributed by atoms with Crippen LogP contribution in [0.1, 0.15) is 31.2 Å². The van der Waals surface area contributed by atoms with Crippen LogP contribution < -0.4 is 4.72 Å². The van der Waals surface area contributed by atoms with Crippen LogP contribution in [0, 0.1) is 0 Å². The molecule has 0 saturated carbocycles. The molecule has 1 aliphatic rings. The molecule has 1 N–H and O–H groups in total. The van der Waals surface area contributed by atoms with Gasteiger partial charge >= 0.3 is 0 Å². The van der Waals surface area contributed by atoms with Crippen molar-refractivity contribution in [3.8, 4) is 0 Å². The van der Waals surface area contributed by atoms with E-state index in [1.165, 1.54) is 18.4 Å². The van der Waals surface area contributed by atoms with Crippen LogP contribution in [-0.4, -0.2) is 53.9 Å². The number of hydrogen-bond acceptors (Lipinski definition) is 5. The van der Waals surface area contributed by atoms with E-state index >= 15 is 0 Å². The lowest BCUT2D eigenvalue weighted by molar-refractivity contribution is 0.266. The molecule has 6 nitrogen and oxygen atoms in total. The summed E-state index contributed by atoms with van der Waals surface area (Å²) in [6.07, 6.45) is 5.60. The first-order valence-electron chi connectivity index (χ1n) is 7.63. The number of hydrogen-bond donors (Lipinski definition) is 1. The Labute approximate surface area is 137 Å². The number of sulfonamides is 1. The van der Waals surface area contributed by atoms with Gasteiger partial charge in [-0.25, -0.2) is 13.1 Å². The summed E-state index contributed by atoms with van der Waals surface area (Å²) in [7, 11) is -3.17. The van der Waals surface area contributed by atoms with Gasteiger partial charge in [0.2, 0.25) is 10.0 Å². The van der Waals surface area contributed by atoms with Gasteiger partial charge in [-0.2, -0.15) is 16.9 Å². The fraction of sp³-hybridized carbons (Fsp3) is 0.786. The summed E-state index contributed by atoms with van der Waals surface area (Å²) < 4.78 is 26.9. The fourth-order valence-electron chi connectivity index (χ4n) is 2.55. The predicted octanol–water partition coefficient (Wildman–Crippen LogP) is 1.28. The van der Waals surface area contributed by atoms with Crippen molar-refractivity contribution in [2.75, 3.05) is 25.6 Å². The number of rotatable bonds is 7. The van der Waals surface area contributed by atoms with Gasteiger partial charge in [-0.1, -0.05) is 6.92 Å². The Morgan fingerprint density at radius 2 is 2.23 bits per heavy atom. The molecule has 0 aromatic carbocycles. The molecular formula is C14H26N4O2S2. The topological polar surface area (TPSA) is 67.2 Å². The van der Waals surface area contributed by atoms with E-state index in [-0.39, 0.29) is 6.54 Å². The average molecular weight is 347 g/mol. The Morgan fingerprint density at radius 3 is 2.91 bits per heavy atom. The lowest BCUT2D eigenvalue weighted by Crippen LogP contribution is -2.26. The summed E-state index contributed by atoms with van der Waals surface area (Å²) in [6.45, 7) is 6.53. The normalized spacial score (nSPS) is 18.0. The molecule has 2 rings (SSSR count). The van der Waals surface area contributed by atoms with Gasteiger partial charge in [0, 0.05) is 24.9 Å². The van der Waals surface area contributed by atoms with Crippen LogP contribution in [0.3, 0.4) is 0 Å². The van der Waals surface area contributed by atoms with Crippen molar-refractivity contribution in [1.82, 2.24) is 19.4 Å². The molecule has 126 valence electrons. The summed E-state index contributed by atoms with van der Waals surface area (Å²) >= 11 is 1.91. The second-order valence-corrected chi connectivity index (χ2v) is 9.02. The van der Waals surface area contributed by atoms with Crippen molar-refractivity contribution in [3.63, 3.8) is 0 Å². The van der Waals surface area contributed by atoms with Gasteiger partial charge in [-0.15, -0.1) is 0 Å². The van der Waals surface area contributed by atoms with Gasteiger partial charge in [-0.3, -0.25) is 9.58 Å². The fourth-order valence-corrected chi connectivity index (χ4v) is 3.30. The second-order valence-electron chi connectivity index (χ2n) is 5.91. The Bertz CT molecular complexity index is 586. The van der Waals surface area contributed by atoms with Crippen LogP contribution in [0.15, 0.2) is 6.07 Å². The van der Waals surface area contributed by atoms with Crippen molar-refractivity contribution < 1.29 is 8.42 Å². The van der Waals surface area contributed by atoms with Crippen LogP contribution in [0.5, 0.6) is 0 Å². The Morgan fingerprint density at radius 1 is 1.45 bits per heavy atom. The van der Waals surface area contributed by atoms with Gasteiger partial charge < -0.3 is 0 Å². The van der Waals surface area contributed by atoms with E-state index in [0.29, 0.717) is 5.25 Å². The van der Waals surface area contributed by atoms with Gasteiger partial charge in [-0.05, 0) is 31.7 Å². The monoisotopic (exact) mass is 346 g/mol. The number of fused-ring (bicyclic) bond motifs is 1. The minimum Gasteiger partial charge on any atom is -0.297 e. The summed E-state index contributed by atoms with van der Waals surface area (Å²) in [5, 5.41) is 5.20. The third-order valence-corrected chi connectivity index (χ3v) is 5.62. The van der Waals surface area contributed by atoms with Crippen LogP contribution in [0.4, 0.5) is 0 Å². The highest BCUT2D eigenvalue weighted by molar-refractivity contribution is 7.99. The Balaban J connectivity index is 1.96. The zero-order chi connectivity index (χ0) is 16.2. The lowest BCUT2D eigenvalue weighted by atomic mass is 10.2. The highest BCUT2D eigenvalue weighted by atomic mass is 32.2. The molecule has 1 aliphatic heterocycles. The van der Waals surface area contributed by atoms with Crippen molar-refractivity contribution in [3.05, 3.63) is 17.5 Å². The maximum Gasteiger partial charge on any atom is 0.209 e. The molecule has 0 amide bonds. The first-order valence-corrected chi connectivity index (χ1v) is 10.8. The highest BCUT2D eigenvalue weighted by Crippen LogP contribution is 2.16. The van der Waals surface area contributed by atoms with Crippen molar-refractivity contribution in [2.45, 2.75) is 44.6 Å². The van der Waals surface area contributed by atoms with Gasteiger partial charge in [0.1, 0.15) is 0 Å². The Hall–Kier alpha value is -0.570. The minimum absolute atomic E-state index is 0.266. The summed E-state index contributed by atoms with van der Waals surface area (Å²) in [5.74, 6) is 0. The average Bonchev–Trinajstić information content (AvgIpc) is 2.73. The van der Waals surface area contributed by atoms with E-state index in [4.69, 9.17) is 0 Å². The van der Waals surface area contributed by atoms with E-state index < -0.39 is 10.0 Å². The van der Waals surface area contributed by atoms with Crippen LogP contribution in [-0.2, 0) is 29.7 Å². The maximum atomic E-state index is 11.2. The zero-order valence-corrected chi connectivity index (χ0v) is 15.2. The number of nitrogens with one attached hydrogen (secondary N) is 1. The molecule has 0 spiro atoms. The van der Waals surface area contributed by atoms with E-state index in [1.807, 2.05) is 22.5 Å². The number of aromatic nitrogens is 2. The molecule has 0 saturated heterocycles. The van der Waals surface area contributed by atoms with Crippen LogP contribution >= 0.6 is 11.8 Å². The molecule has 22 heavy (non-hydrogen) atoms. The van der Waals surface area contributed by atoms with Crippen molar-refractivity contribution >= 4 is 21.8 Å². The quantitative estimate of drug-likeness (QED) is 0.805. The van der Waals surface area contributed by atoms with Crippen LogP contribution in [0.2, 0.25) is 0 Å². The van der Waals surface area contributed by atoms with Crippen LogP contribution in [0.25, 0.3) is 0 Å². The molecule has 0 unspecified atom stereocenters. The summed E-state index contributed by atoms with van der Waals surface area (Å²) in [4.78, 5) is 2.47. The standard InChI is InChI=1S/C14H26N4O2S2/c1-12(21-2)5-8-17-6-4-7-18-14(11-17)9-13(16-18)10-15-22(3,19)20/h9,12,15H,4-8,10-11H2,1-3H3/t12-/m1/s1. The predicted molar refractivity (Wildman–Crippen MR) is 91.4 cm³/mol. The molecule has 2 heterocycles. The number of nitrogens with zero attached hydrogens (tertiary/aromatic N) is 3. The van der Waals surface area contributed by atoms with E-state index in [0.717, 1.165) is 38.3 Å². The first kappa shape index (κ1) is 17.8. The molecule has 1 aromatic heterocycles. The molecule has 1 aromatic rings. The van der Waals surface area contributed by atoms with E-state index in [2.05, 4.69) is 27.9 Å². The van der Waals surface area contributed by atoms with Gasteiger partial charge in [0.15, 0.2) is 0 Å². The first-order chi connectivity index (χ1) is 10.4. The third-order valence-electron chi connectivity index (χ3n) is 3.91. The smallest absolute Gasteiger partial charge is 0.209 e. The summed E-state index contributed by atoms with van der Waals surface area (Å²) in [5.41, 5.74) is 1.97. The number of aryl methyl sites for hydroxylation is 1. The SMILES string of the molecule is CS[C@H](C)CCN1CCCn2nc(CNS(C)(=O)=O)cc2C1. The molecule has 0 fully saturated rings. The molecule has 8 heteroatoms. The van der Waals surface area contributed by atoms with Gasteiger partial charge in [0.05, 0.1) is 24.2 Å². The lowest BCUT2D eigenvalue weighted by Gasteiger charge is -2.20. The minimum atomic E-state index is -3.17. The Kier molecular flexibility index (Phi) is 6.31. The number of thioether (sulfide) groups is 1. The van der Waals surface area contributed by atoms with Gasteiger partial charge in [0.25, 0.3) is 0 Å². The molecule has 0 bridgehead atoms. The van der Waals surface area contributed by atoms with Crippen molar-refractivity contribution in [2.24, 2.45) is 0 Å². The molecule has 0 radical (unpaired) electrons.